The molecule has 0 aliphatic carbocycles. The largest absolute Gasteiger partial charge is 0.493 e. The van der Waals surface area contributed by atoms with Crippen molar-refractivity contribution in [3.63, 3.8) is 0 Å². The summed E-state index contributed by atoms with van der Waals surface area (Å²) in [6, 6.07) is 22.3. The average molecular weight is 496 g/mol. The maximum atomic E-state index is 13.3. The lowest BCUT2D eigenvalue weighted by Crippen LogP contribution is -2.30. The van der Waals surface area contributed by atoms with Gasteiger partial charge in [-0.05, 0) is 86.4 Å². The molecule has 1 aliphatic heterocycles. The molecule has 1 amide bonds. The number of fused-ring (bicyclic) bond motifs is 1. The van der Waals surface area contributed by atoms with Gasteiger partial charge in [0.15, 0.2) is 5.11 Å². The maximum Gasteiger partial charge on any atom is 0.281 e. The number of rotatable bonds is 7. The van der Waals surface area contributed by atoms with Crippen LogP contribution in [0.4, 0.5) is 5.69 Å². The fourth-order valence-electron chi connectivity index (χ4n) is 4.50. The van der Waals surface area contributed by atoms with Crippen LogP contribution in [0, 0.1) is 20.8 Å². The molecule has 0 radical (unpaired) electrons. The fraction of sp³-hybridized carbons (Fsp3) is 0.200. The monoisotopic (exact) mass is 495 g/mol. The predicted octanol–water partition coefficient (Wildman–Crippen LogP) is 6.30. The van der Waals surface area contributed by atoms with Gasteiger partial charge >= 0.3 is 0 Å². The first-order valence-corrected chi connectivity index (χ1v) is 12.5. The number of aromatic nitrogens is 1. The van der Waals surface area contributed by atoms with Gasteiger partial charge in [0.05, 0.1) is 12.3 Å². The van der Waals surface area contributed by atoms with Gasteiger partial charge in [0.1, 0.15) is 11.4 Å². The molecule has 1 saturated heterocycles. The lowest BCUT2D eigenvalue weighted by Gasteiger charge is -2.15. The van der Waals surface area contributed by atoms with Crippen LogP contribution < -0.4 is 15.0 Å². The van der Waals surface area contributed by atoms with Crippen LogP contribution in [-0.2, 0) is 11.3 Å². The summed E-state index contributed by atoms with van der Waals surface area (Å²) in [5, 5.41) is 4.61. The minimum absolute atomic E-state index is 0.147. The van der Waals surface area contributed by atoms with Crippen molar-refractivity contribution in [1.82, 2.24) is 9.88 Å². The smallest absolute Gasteiger partial charge is 0.281 e. The quantitative estimate of drug-likeness (QED) is 0.186. The Balaban J connectivity index is 1.36. The summed E-state index contributed by atoms with van der Waals surface area (Å²) >= 11 is 5.52. The number of nitrogens with zero attached hydrogens (tertiary/aromatic N) is 2. The molecule has 182 valence electrons. The number of hydrogen-bond acceptors (Lipinski definition) is 3. The van der Waals surface area contributed by atoms with E-state index in [9.17, 15) is 4.79 Å². The number of aryl methyl sites for hydroxylation is 4. The Morgan fingerprint density at radius 1 is 0.944 bits per heavy atom. The molecule has 1 aliphatic rings. The molecule has 0 unspecified atom stereocenters. The molecule has 0 atom stereocenters. The Kier molecular flexibility index (Phi) is 6.61. The molecule has 6 heteroatoms. The molecule has 0 bridgehead atoms. The number of benzene rings is 3. The highest BCUT2D eigenvalue weighted by Gasteiger charge is 2.32. The van der Waals surface area contributed by atoms with E-state index in [0.29, 0.717) is 17.4 Å². The third-order valence-electron chi connectivity index (χ3n) is 6.64. The lowest BCUT2D eigenvalue weighted by atomic mass is 10.1. The number of ether oxygens (including phenoxy) is 1. The number of carbonyl (C=O) groups is 1. The van der Waals surface area contributed by atoms with Crippen LogP contribution >= 0.6 is 12.2 Å². The summed E-state index contributed by atoms with van der Waals surface area (Å²) in [4.78, 5) is 14.9. The molecule has 5 rings (SSSR count). The Bertz CT molecular complexity index is 1500. The van der Waals surface area contributed by atoms with Gasteiger partial charge in [-0.25, -0.2) is 0 Å². The SMILES string of the molecule is Cc1ccc(N2C(=O)/C(=C/c3cn(CCCOc4ccccc4C)c4ccccc34)NC2=S)cc1C. The third-order valence-corrected chi connectivity index (χ3v) is 6.93. The second kappa shape index (κ2) is 9.99. The minimum Gasteiger partial charge on any atom is -0.493 e. The normalized spacial score (nSPS) is 14.6. The van der Waals surface area contributed by atoms with E-state index >= 15 is 0 Å². The third kappa shape index (κ3) is 4.64. The summed E-state index contributed by atoms with van der Waals surface area (Å²) in [5.74, 6) is 0.780. The van der Waals surface area contributed by atoms with Crippen molar-refractivity contribution in [3.05, 3.63) is 101 Å². The first kappa shape index (κ1) is 23.8. The minimum atomic E-state index is -0.147. The predicted molar refractivity (Wildman–Crippen MR) is 150 cm³/mol. The Labute approximate surface area is 217 Å². The molecule has 3 aromatic carbocycles. The van der Waals surface area contributed by atoms with Gasteiger partial charge in [-0.3, -0.25) is 9.69 Å². The summed E-state index contributed by atoms with van der Waals surface area (Å²) in [7, 11) is 0. The first-order chi connectivity index (χ1) is 17.4. The van der Waals surface area contributed by atoms with Crippen molar-refractivity contribution in [3.8, 4) is 5.75 Å². The van der Waals surface area contributed by atoms with E-state index in [2.05, 4.69) is 48.1 Å². The van der Waals surface area contributed by atoms with E-state index in [1.54, 1.807) is 4.90 Å². The van der Waals surface area contributed by atoms with E-state index in [0.717, 1.165) is 52.0 Å². The second-order valence-electron chi connectivity index (χ2n) is 9.16. The van der Waals surface area contributed by atoms with Gasteiger partial charge in [0.25, 0.3) is 5.91 Å². The van der Waals surface area contributed by atoms with Gasteiger partial charge in [-0.2, -0.15) is 0 Å². The molecule has 4 aromatic rings. The van der Waals surface area contributed by atoms with E-state index in [1.165, 1.54) is 5.56 Å². The Morgan fingerprint density at radius 3 is 2.53 bits per heavy atom. The molecule has 1 N–H and O–H groups in total. The molecule has 5 nitrogen and oxygen atoms in total. The van der Waals surface area contributed by atoms with E-state index in [4.69, 9.17) is 17.0 Å². The fourth-order valence-corrected chi connectivity index (χ4v) is 4.80. The van der Waals surface area contributed by atoms with Crippen molar-refractivity contribution in [2.24, 2.45) is 0 Å². The van der Waals surface area contributed by atoms with Crippen molar-refractivity contribution in [2.75, 3.05) is 11.5 Å². The lowest BCUT2D eigenvalue weighted by molar-refractivity contribution is -0.113. The molecule has 2 heterocycles. The van der Waals surface area contributed by atoms with E-state index in [-0.39, 0.29) is 5.91 Å². The molecule has 1 fully saturated rings. The van der Waals surface area contributed by atoms with Crippen molar-refractivity contribution in [2.45, 2.75) is 33.7 Å². The zero-order valence-corrected chi connectivity index (χ0v) is 21.6. The Hall–Kier alpha value is -3.90. The van der Waals surface area contributed by atoms with Crippen molar-refractivity contribution in [1.29, 1.82) is 0 Å². The van der Waals surface area contributed by atoms with Crippen molar-refractivity contribution < 1.29 is 9.53 Å². The number of thiocarbonyl (C=S) groups is 1. The second-order valence-corrected chi connectivity index (χ2v) is 9.55. The maximum absolute atomic E-state index is 13.3. The summed E-state index contributed by atoms with van der Waals surface area (Å²) in [6.07, 6.45) is 4.87. The van der Waals surface area contributed by atoms with Gasteiger partial charge < -0.3 is 14.6 Å². The Morgan fingerprint density at radius 2 is 1.72 bits per heavy atom. The van der Waals surface area contributed by atoms with E-state index < -0.39 is 0 Å². The van der Waals surface area contributed by atoms with Crippen LogP contribution in [0.2, 0.25) is 0 Å². The summed E-state index contributed by atoms with van der Waals surface area (Å²) in [5.41, 5.74) is 6.79. The van der Waals surface area contributed by atoms with E-state index in [1.807, 2.05) is 61.5 Å². The van der Waals surface area contributed by atoms with Crippen LogP contribution in [0.5, 0.6) is 5.75 Å². The van der Waals surface area contributed by atoms with Crippen molar-refractivity contribution >= 4 is 45.9 Å². The summed E-state index contributed by atoms with van der Waals surface area (Å²) < 4.78 is 8.20. The zero-order chi connectivity index (χ0) is 25.2. The van der Waals surface area contributed by atoms with Gasteiger partial charge in [0.2, 0.25) is 0 Å². The van der Waals surface area contributed by atoms with Crippen LogP contribution in [-0.4, -0.2) is 22.2 Å². The number of anilines is 1. The molecular weight excluding hydrogens is 466 g/mol. The van der Waals surface area contributed by atoms with Gasteiger partial charge in [-0.1, -0.05) is 42.5 Å². The molecule has 1 aromatic heterocycles. The van der Waals surface area contributed by atoms with Gasteiger partial charge in [0, 0.05) is 29.2 Å². The van der Waals surface area contributed by atoms with Crippen LogP contribution in [0.1, 0.15) is 28.7 Å². The molecule has 0 spiro atoms. The highest BCUT2D eigenvalue weighted by Crippen LogP contribution is 2.28. The number of hydrogen-bond donors (Lipinski definition) is 1. The average Bonchev–Trinajstić information content (AvgIpc) is 3.36. The highest BCUT2D eigenvalue weighted by molar-refractivity contribution is 7.80. The molecule has 0 saturated carbocycles. The van der Waals surface area contributed by atoms with Crippen LogP contribution in [0.3, 0.4) is 0 Å². The molecular formula is C30H29N3O2S. The topological polar surface area (TPSA) is 46.5 Å². The van der Waals surface area contributed by atoms with Crippen LogP contribution in [0.25, 0.3) is 17.0 Å². The standard InChI is InChI=1S/C30H29N3O2S/c1-20-13-14-24(17-22(20)3)33-29(34)26(31-30(33)36)18-23-19-32(27-11-6-5-10-25(23)27)15-8-16-35-28-12-7-4-9-21(28)2/h4-7,9-14,17-19H,8,15-16H2,1-3H3,(H,31,36)/b26-18-. The molecule has 36 heavy (non-hydrogen) atoms. The first-order valence-electron chi connectivity index (χ1n) is 12.1. The number of para-hydroxylation sites is 2. The van der Waals surface area contributed by atoms with Crippen LogP contribution in [0.15, 0.2) is 78.6 Å². The van der Waals surface area contributed by atoms with Gasteiger partial charge in [-0.15, -0.1) is 0 Å². The number of carbonyl (C=O) groups excluding carboxylic acids is 1. The highest BCUT2D eigenvalue weighted by atomic mass is 32.1. The number of nitrogens with one attached hydrogen (secondary N) is 1. The number of amides is 1. The zero-order valence-electron chi connectivity index (χ0n) is 20.7. The summed E-state index contributed by atoms with van der Waals surface area (Å²) in [6.45, 7) is 7.59.